The Morgan fingerprint density at radius 1 is 1.24 bits per heavy atom. The highest BCUT2D eigenvalue weighted by Gasteiger charge is 2.23. The molecule has 0 radical (unpaired) electrons. The highest BCUT2D eigenvalue weighted by atomic mass is 35.5. The first-order valence-corrected chi connectivity index (χ1v) is 8.37. The number of hydrogen-bond acceptors (Lipinski definition) is 5. The average molecular weight is 326 g/mol. The Kier molecular flexibility index (Phi) is 4.30. The molecule has 2 rings (SSSR count). The normalized spacial score (nSPS) is 12.4. The van der Waals surface area contributed by atoms with Crippen LogP contribution in [0, 0.1) is 0 Å². The Morgan fingerprint density at radius 2 is 1.95 bits per heavy atom. The SMILES string of the molecule is CC(C)(C)c1cc(Cl)c(S(=O)(=O)Cc2ccncn2)cn1. The number of hydrogen-bond donors (Lipinski definition) is 0. The van der Waals surface area contributed by atoms with Crippen LogP contribution in [-0.4, -0.2) is 23.4 Å². The maximum atomic E-state index is 12.4. The standard InChI is InChI=1S/C14H16ClN3O2S/c1-14(2,3)13-6-11(15)12(7-17-13)21(19,20)8-10-4-5-16-9-18-10/h4-7,9H,8H2,1-3H3. The second-order valence-electron chi connectivity index (χ2n) is 5.71. The summed E-state index contributed by atoms with van der Waals surface area (Å²) in [4.78, 5) is 11.9. The molecule has 0 spiro atoms. The molecule has 0 fully saturated rings. The zero-order valence-corrected chi connectivity index (χ0v) is 13.6. The minimum atomic E-state index is -3.59. The summed E-state index contributed by atoms with van der Waals surface area (Å²) < 4.78 is 24.8. The lowest BCUT2D eigenvalue weighted by Gasteiger charge is -2.18. The largest absolute Gasteiger partial charge is 0.259 e. The summed E-state index contributed by atoms with van der Waals surface area (Å²) in [6, 6.07) is 3.16. The van der Waals surface area contributed by atoms with Crippen LogP contribution in [0.4, 0.5) is 0 Å². The first-order valence-electron chi connectivity index (χ1n) is 6.34. The van der Waals surface area contributed by atoms with Gasteiger partial charge in [0.1, 0.15) is 11.2 Å². The van der Waals surface area contributed by atoms with Crippen LogP contribution >= 0.6 is 11.6 Å². The molecule has 0 saturated carbocycles. The van der Waals surface area contributed by atoms with E-state index >= 15 is 0 Å². The second-order valence-corrected chi connectivity index (χ2v) is 8.07. The van der Waals surface area contributed by atoms with Crippen LogP contribution in [-0.2, 0) is 21.0 Å². The van der Waals surface area contributed by atoms with E-state index in [1.54, 1.807) is 12.1 Å². The average Bonchev–Trinajstić information content (AvgIpc) is 2.37. The van der Waals surface area contributed by atoms with Crippen LogP contribution in [0.5, 0.6) is 0 Å². The Labute approximate surface area is 129 Å². The molecule has 2 aromatic heterocycles. The summed E-state index contributed by atoms with van der Waals surface area (Å²) >= 11 is 6.13. The van der Waals surface area contributed by atoms with Gasteiger partial charge in [-0.15, -0.1) is 0 Å². The molecule has 0 aliphatic rings. The van der Waals surface area contributed by atoms with Crippen LogP contribution in [0.3, 0.4) is 0 Å². The molecule has 2 heterocycles. The molecule has 0 aliphatic carbocycles. The van der Waals surface area contributed by atoms with Crippen molar-refractivity contribution < 1.29 is 8.42 Å². The number of aromatic nitrogens is 3. The molecule has 2 aromatic rings. The van der Waals surface area contributed by atoms with Crippen molar-refractivity contribution in [3.63, 3.8) is 0 Å². The maximum absolute atomic E-state index is 12.4. The number of sulfone groups is 1. The molecule has 0 N–H and O–H groups in total. The van der Waals surface area contributed by atoms with Crippen molar-refractivity contribution in [2.45, 2.75) is 36.8 Å². The number of pyridine rings is 1. The summed E-state index contributed by atoms with van der Waals surface area (Å²) in [5.41, 5.74) is 0.966. The van der Waals surface area contributed by atoms with E-state index in [0.29, 0.717) is 5.69 Å². The van der Waals surface area contributed by atoms with Gasteiger partial charge in [-0.05, 0) is 12.1 Å². The predicted octanol–water partition coefficient (Wildman–Crippen LogP) is 2.80. The third-order valence-corrected chi connectivity index (χ3v) is 5.00. The maximum Gasteiger partial charge on any atom is 0.187 e. The minimum absolute atomic E-state index is 0.0239. The van der Waals surface area contributed by atoms with E-state index < -0.39 is 9.84 Å². The number of halogens is 1. The van der Waals surface area contributed by atoms with Crippen LogP contribution in [0.1, 0.15) is 32.2 Å². The van der Waals surface area contributed by atoms with Gasteiger partial charge in [0.05, 0.1) is 16.5 Å². The lowest BCUT2D eigenvalue weighted by Crippen LogP contribution is -2.15. The lowest BCUT2D eigenvalue weighted by molar-refractivity contribution is 0.565. The molecule has 5 nitrogen and oxygen atoms in total. The fourth-order valence-electron chi connectivity index (χ4n) is 1.73. The van der Waals surface area contributed by atoms with Gasteiger partial charge in [0.15, 0.2) is 9.84 Å². The molecule has 0 saturated heterocycles. The van der Waals surface area contributed by atoms with Crippen LogP contribution < -0.4 is 0 Å². The molecule has 0 atom stereocenters. The molecule has 0 bridgehead atoms. The third-order valence-electron chi connectivity index (χ3n) is 2.90. The van der Waals surface area contributed by atoms with E-state index in [4.69, 9.17) is 11.6 Å². The quantitative estimate of drug-likeness (QED) is 0.867. The van der Waals surface area contributed by atoms with Gasteiger partial charge in [-0.25, -0.2) is 18.4 Å². The van der Waals surface area contributed by atoms with Crippen LogP contribution in [0.25, 0.3) is 0 Å². The topological polar surface area (TPSA) is 72.8 Å². The lowest BCUT2D eigenvalue weighted by atomic mass is 9.92. The molecule has 21 heavy (non-hydrogen) atoms. The monoisotopic (exact) mass is 325 g/mol. The van der Waals surface area contributed by atoms with Crippen molar-refractivity contribution in [1.82, 2.24) is 15.0 Å². The summed E-state index contributed by atoms with van der Waals surface area (Å²) in [6.45, 7) is 5.96. The van der Waals surface area contributed by atoms with Crippen molar-refractivity contribution in [3.05, 3.63) is 47.3 Å². The first kappa shape index (κ1) is 15.9. The van der Waals surface area contributed by atoms with Gasteiger partial charge in [-0.2, -0.15) is 0 Å². The van der Waals surface area contributed by atoms with E-state index in [0.717, 1.165) is 5.69 Å². The van der Waals surface area contributed by atoms with E-state index in [1.165, 1.54) is 18.7 Å². The van der Waals surface area contributed by atoms with Crippen molar-refractivity contribution in [3.8, 4) is 0 Å². The molecular formula is C14H16ClN3O2S. The fraction of sp³-hybridized carbons (Fsp3) is 0.357. The van der Waals surface area contributed by atoms with Gasteiger partial charge < -0.3 is 0 Å². The van der Waals surface area contributed by atoms with Crippen molar-refractivity contribution in [2.24, 2.45) is 0 Å². The molecular weight excluding hydrogens is 310 g/mol. The molecule has 0 amide bonds. The minimum Gasteiger partial charge on any atom is -0.259 e. The Hall–Kier alpha value is -1.53. The van der Waals surface area contributed by atoms with Gasteiger partial charge in [-0.1, -0.05) is 32.4 Å². The van der Waals surface area contributed by atoms with Crippen LogP contribution in [0.15, 0.2) is 35.7 Å². The van der Waals surface area contributed by atoms with E-state index in [-0.39, 0.29) is 21.1 Å². The zero-order chi connectivity index (χ0) is 15.7. The van der Waals surface area contributed by atoms with Gasteiger partial charge in [-0.3, -0.25) is 4.98 Å². The van der Waals surface area contributed by atoms with Crippen molar-refractivity contribution in [2.75, 3.05) is 0 Å². The highest BCUT2D eigenvalue weighted by molar-refractivity contribution is 7.90. The predicted molar refractivity (Wildman–Crippen MR) is 80.9 cm³/mol. The Bertz CT molecular complexity index is 741. The Morgan fingerprint density at radius 3 is 2.48 bits per heavy atom. The van der Waals surface area contributed by atoms with Crippen molar-refractivity contribution in [1.29, 1.82) is 0 Å². The third kappa shape index (κ3) is 3.77. The van der Waals surface area contributed by atoms with E-state index in [2.05, 4.69) is 15.0 Å². The summed E-state index contributed by atoms with van der Waals surface area (Å²) in [5, 5.41) is 0.184. The van der Waals surface area contributed by atoms with E-state index in [1.807, 2.05) is 20.8 Å². The summed E-state index contributed by atoms with van der Waals surface area (Å²) in [6.07, 6.45) is 4.13. The summed E-state index contributed by atoms with van der Waals surface area (Å²) in [7, 11) is -3.59. The fourth-order valence-corrected chi connectivity index (χ4v) is 3.52. The van der Waals surface area contributed by atoms with Gasteiger partial charge >= 0.3 is 0 Å². The Balaban J connectivity index is 2.37. The smallest absolute Gasteiger partial charge is 0.187 e. The number of rotatable bonds is 3. The molecule has 0 unspecified atom stereocenters. The molecule has 7 heteroatoms. The molecule has 0 aliphatic heterocycles. The molecule has 0 aromatic carbocycles. The first-order chi connectivity index (χ1) is 9.70. The van der Waals surface area contributed by atoms with E-state index in [9.17, 15) is 8.42 Å². The van der Waals surface area contributed by atoms with Gasteiger partial charge in [0, 0.05) is 23.5 Å². The summed E-state index contributed by atoms with van der Waals surface area (Å²) in [5.74, 6) is -0.230. The highest BCUT2D eigenvalue weighted by Crippen LogP contribution is 2.28. The van der Waals surface area contributed by atoms with Crippen LogP contribution in [0.2, 0.25) is 5.02 Å². The number of nitrogens with zero attached hydrogens (tertiary/aromatic N) is 3. The molecule has 112 valence electrons. The van der Waals surface area contributed by atoms with Gasteiger partial charge in [0.2, 0.25) is 0 Å². The second kappa shape index (κ2) is 5.69. The van der Waals surface area contributed by atoms with Gasteiger partial charge in [0.25, 0.3) is 0 Å². The van der Waals surface area contributed by atoms with Crippen molar-refractivity contribution >= 4 is 21.4 Å². The zero-order valence-electron chi connectivity index (χ0n) is 12.0.